The number of hydrogen-bond donors (Lipinski definition) is 0. The van der Waals surface area contributed by atoms with Crippen molar-refractivity contribution < 1.29 is 0 Å². The number of rotatable bonds is 6. The summed E-state index contributed by atoms with van der Waals surface area (Å²) in [6, 6.07) is 14.4. The molecule has 2 aromatic carbocycles. The summed E-state index contributed by atoms with van der Waals surface area (Å²) in [5, 5.41) is 0.753. The molecule has 0 aliphatic heterocycles. The summed E-state index contributed by atoms with van der Waals surface area (Å²) in [5.74, 6) is 1.03. The lowest BCUT2D eigenvalue weighted by Crippen LogP contribution is -2.27. The largest absolute Gasteiger partial charge is 0.323 e. The number of nitrogens with zero attached hydrogens (tertiary/aromatic N) is 3. The second-order valence-corrected chi connectivity index (χ2v) is 6.50. The monoisotopic (exact) mass is 341 g/mol. The van der Waals surface area contributed by atoms with Gasteiger partial charge >= 0.3 is 0 Å². The van der Waals surface area contributed by atoms with E-state index in [9.17, 15) is 0 Å². The molecule has 0 aliphatic rings. The first kappa shape index (κ1) is 17.0. The van der Waals surface area contributed by atoms with Crippen LogP contribution >= 0.6 is 11.6 Å². The average molecular weight is 342 g/mol. The molecule has 0 aliphatic carbocycles. The minimum Gasteiger partial charge on any atom is -0.323 e. The maximum Gasteiger partial charge on any atom is 0.141 e. The quantitative estimate of drug-likeness (QED) is 0.628. The lowest BCUT2D eigenvalue weighted by molar-refractivity contribution is 0.292. The van der Waals surface area contributed by atoms with Crippen molar-refractivity contribution in [2.24, 2.45) is 0 Å². The highest BCUT2D eigenvalue weighted by Gasteiger charge is 2.15. The van der Waals surface area contributed by atoms with Crippen molar-refractivity contribution in [1.82, 2.24) is 14.5 Å². The number of aryl methyl sites for hydroxylation is 1. The summed E-state index contributed by atoms with van der Waals surface area (Å²) < 4.78 is 2.31. The number of fused-ring (bicyclic) bond motifs is 1. The molecule has 0 spiro atoms. The fourth-order valence-corrected chi connectivity index (χ4v) is 3.30. The van der Waals surface area contributed by atoms with Crippen molar-refractivity contribution in [3.8, 4) is 11.4 Å². The van der Waals surface area contributed by atoms with Crippen molar-refractivity contribution in [1.29, 1.82) is 0 Å². The Labute approximate surface area is 148 Å². The first-order valence-electron chi connectivity index (χ1n) is 8.58. The van der Waals surface area contributed by atoms with Crippen LogP contribution in [-0.4, -0.2) is 34.1 Å². The fraction of sp³-hybridized carbons (Fsp3) is 0.350. The molecule has 3 aromatic rings. The predicted molar refractivity (Wildman–Crippen MR) is 103 cm³/mol. The summed E-state index contributed by atoms with van der Waals surface area (Å²) in [6.07, 6.45) is 0. The first-order valence-corrected chi connectivity index (χ1v) is 8.96. The third-order valence-electron chi connectivity index (χ3n) is 4.63. The van der Waals surface area contributed by atoms with Crippen molar-refractivity contribution >= 4 is 22.6 Å². The van der Waals surface area contributed by atoms with Gasteiger partial charge in [-0.1, -0.05) is 49.7 Å². The standard InChI is InChI=1S/C20H24ClN3/c1-4-23(5-2)12-13-24-19-14-16(21)10-11-18(19)22-20(24)17-9-7-6-8-15(17)3/h6-11,14H,4-5,12-13H2,1-3H3. The Bertz CT molecular complexity index is 834. The molecule has 0 fully saturated rings. The summed E-state index contributed by atoms with van der Waals surface area (Å²) in [6.45, 7) is 10.6. The molecule has 126 valence electrons. The van der Waals surface area contributed by atoms with Crippen LogP contribution in [0.2, 0.25) is 5.02 Å². The van der Waals surface area contributed by atoms with Gasteiger partial charge in [-0.2, -0.15) is 0 Å². The van der Waals surface area contributed by atoms with Crippen LogP contribution in [0.3, 0.4) is 0 Å². The highest BCUT2D eigenvalue weighted by molar-refractivity contribution is 6.31. The van der Waals surface area contributed by atoms with Crippen molar-refractivity contribution in [2.75, 3.05) is 19.6 Å². The van der Waals surface area contributed by atoms with Crippen LogP contribution in [0.4, 0.5) is 0 Å². The molecule has 0 saturated heterocycles. The predicted octanol–water partition coefficient (Wildman–Crippen LogP) is 5.01. The molecule has 0 unspecified atom stereocenters. The van der Waals surface area contributed by atoms with Crippen LogP contribution in [0.1, 0.15) is 19.4 Å². The van der Waals surface area contributed by atoms with Gasteiger partial charge in [-0.25, -0.2) is 4.98 Å². The number of hydrogen-bond acceptors (Lipinski definition) is 2. The van der Waals surface area contributed by atoms with E-state index in [1.54, 1.807) is 0 Å². The Hall–Kier alpha value is -1.84. The molecular weight excluding hydrogens is 318 g/mol. The molecule has 0 saturated carbocycles. The summed E-state index contributed by atoms with van der Waals surface area (Å²) >= 11 is 6.24. The second-order valence-electron chi connectivity index (χ2n) is 6.06. The maximum atomic E-state index is 6.24. The van der Waals surface area contributed by atoms with E-state index in [0.717, 1.165) is 48.1 Å². The summed E-state index contributed by atoms with van der Waals surface area (Å²) in [4.78, 5) is 7.33. The average Bonchev–Trinajstić information content (AvgIpc) is 2.94. The molecule has 24 heavy (non-hydrogen) atoms. The number of benzene rings is 2. The molecule has 0 radical (unpaired) electrons. The van der Waals surface area contributed by atoms with Crippen LogP contribution < -0.4 is 0 Å². The van der Waals surface area contributed by atoms with E-state index in [1.165, 1.54) is 11.1 Å². The van der Waals surface area contributed by atoms with Gasteiger partial charge in [-0.05, 0) is 43.8 Å². The Morgan fingerprint density at radius 1 is 1.08 bits per heavy atom. The van der Waals surface area contributed by atoms with Crippen molar-refractivity contribution in [2.45, 2.75) is 27.3 Å². The molecule has 0 atom stereocenters. The molecule has 3 nitrogen and oxygen atoms in total. The Balaban J connectivity index is 2.10. The molecule has 0 amide bonds. The first-order chi connectivity index (χ1) is 11.6. The van der Waals surface area contributed by atoms with Crippen LogP contribution in [0.5, 0.6) is 0 Å². The molecule has 4 heteroatoms. The van der Waals surface area contributed by atoms with Gasteiger partial charge in [0.25, 0.3) is 0 Å². The van der Waals surface area contributed by atoms with Gasteiger partial charge in [0.1, 0.15) is 5.82 Å². The van der Waals surface area contributed by atoms with Gasteiger partial charge in [0.05, 0.1) is 11.0 Å². The highest BCUT2D eigenvalue weighted by Crippen LogP contribution is 2.28. The van der Waals surface area contributed by atoms with E-state index in [-0.39, 0.29) is 0 Å². The number of imidazole rings is 1. The van der Waals surface area contributed by atoms with Crippen LogP contribution in [0.25, 0.3) is 22.4 Å². The molecule has 3 rings (SSSR count). The molecule has 0 bridgehead atoms. The maximum absolute atomic E-state index is 6.24. The van der Waals surface area contributed by atoms with Crippen molar-refractivity contribution in [3.05, 3.63) is 53.1 Å². The Morgan fingerprint density at radius 3 is 2.54 bits per heavy atom. The van der Waals surface area contributed by atoms with Gasteiger partial charge in [0.2, 0.25) is 0 Å². The molecular formula is C20H24ClN3. The van der Waals surface area contributed by atoms with Gasteiger partial charge in [0.15, 0.2) is 0 Å². The SMILES string of the molecule is CCN(CC)CCn1c(-c2ccccc2C)nc2ccc(Cl)cc21. The van der Waals surface area contributed by atoms with Gasteiger partial charge in [-0.15, -0.1) is 0 Å². The number of likely N-dealkylation sites (N-methyl/N-ethyl adjacent to an activating group) is 1. The second kappa shape index (κ2) is 7.37. The third-order valence-corrected chi connectivity index (χ3v) is 4.87. The van der Waals surface area contributed by atoms with Gasteiger partial charge in [-0.3, -0.25) is 0 Å². The Kier molecular flexibility index (Phi) is 5.22. The summed E-state index contributed by atoms with van der Waals surface area (Å²) in [5.41, 5.74) is 4.53. The van der Waals surface area contributed by atoms with E-state index in [0.29, 0.717) is 0 Å². The van der Waals surface area contributed by atoms with E-state index < -0.39 is 0 Å². The van der Waals surface area contributed by atoms with Gasteiger partial charge < -0.3 is 9.47 Å². The molecule has 1 heterocycles. The van der Waals surface area contributed by atoms with E-state index in [4.69, 9.17) is 16.6 Å². The normalized spacial score (nSPS) is 11.5. The van der Waals surface area contributed by atoms with Crippen LogP contribution in [0.15, 0.2) is 42.5 Å². The fourth-order valence-electron chi connectivity index (χ4n) is 3.13. The van der Waals surface area contributed by atoms with Crippen LogP contribution in [0, 0.1) is 6.92 Å². The third kappa shape index (κ3) is 3.33. The molecule has 1 aromatic heterocycles. The van der Waals surface area contributed by atoms with E-state index in [2.05, 4.69) is 54.5 Å². The lowest BCUT2D eigenvalue weighted by atomic mass is 10.1. The minimum atomic E-state index is 0.753. The lowest BCUT2D eigenvalue weighted by Gasteiger charge is -2.19. The Morgan fingerprint density at radius 2 is 1.83 bits per heavy atom. The number of aromatic nitrogens is 2. The van der Waals surface area contributed by atoms with Gasteiger partial charge in [0, 0.05) is 23.7 Å². The highest BCUT2D eigenvalue weighted by atomic mass is 35.5. The topological polar surface area (TPSA) is 21.1 Å². The zero-order chi connectivity index (χ0) is 17.1. The zero-order valence-electron chi connectivity index (χ0n) is 14.6. The summed E-state index contributed by atoms with van der Waals surface area (Å²) in [7, 11) is 0. The van der Waals surface area contributed by atoms with Crippen molar-refractivity contribution in [3.63, 3.8) is 0 Å². The zero-order valence-corrected chi connectivity index (χ0v) is 15.3. The number of halogens is 1. The smallest absolute Gasteiger partial charge is 0.141 e. The molecule has 0 N–H and O–H groups in total. The van der Waals surface area contributed by atoms with E-state index in [1.807, 2.05) is 18.2 Å². The minimum absolute atomic E-state index is 0.753. The van der Waals surface area contributed by atoms with Crippen LogP contribution in [-0.2, 0) is 6.54 Å². The van der Waals surface area contributed by atoms with E-state index >= 15 is 0 Å².